The van der Waals surface area contributed by atoms with Gasteiger partial charge in [-0.1, -0.05) is 19.1 Å². The van der Waals surface area contributed by atoms with E-state index in [1.807, 2.05) is 46.9 Å². The number of carbonyl (C=O) groups excluding carboxylic acids is 1. The minimum absolute atomic E-state index is 0.0878. The fourth-order valence-electron chi connectivity index (χ4n) is 3.09. The Hall–Kier alpha value is -2.18. The van der Waals surface area contributed by atoms with E-state index < -0.39 is 0 Å². The summed E-state index contributed by atoms with van der Waals surface area (Å²) in [5.74, 6) is 0.0878. The molecule has 1 aliphatic heterocycles. The lowest BCUT2D eigenvalue weighted by Crippen LogP contribution is -2.50. The second kappa shape index (κ2) is 8.27. The second-order valence-electron chi connectivity index (χ2n) is 6.59. The number of rotatable bonds is 6. The van der Waals surface area contributed by atoms with Gasteiger partial charge in [0, 0.05) is 57.2 Å². The molecule has 0 bridgehead atoms. The van der Waals surface area contributed by atoms with Crippen molar-refractivity contribution in [1.29, 1.82) is 0 Å². The number of aliphatic hydroxyl groups is 1. The lowest BCUT2D eigenvalue weighted by Gasteiger charge is -2.35. The Bertz CT molecular complexity index is 661. The summed E-state index contributed by atoms with van der Waals surface area (Å²) in [6, 6.07) is 7.81. The van der Waals surface area contributed by atoms with Gasteiger partial charge in [0.15, 0.2) is 0 Å². The molecule has 0 saturated carbocycles. The monoisotopic (exact) mass is 342 g/mol. The number of amides is 1. The van der Waals surface area contributed by atoms with E-state index in [1.165, 1.54) is 0 Å². The number of hydrogen-bond donors (Lipinski definition) is 1. The maximum absolute atomic E-state index is 12.7. The predicted molar refractivity (Wildman–Crippen MR) is 96.4 cm³/mol. The number of benzene rings is 1. The molecule has 3 rings (SSSR count). The summed E-state index contributed by atoms with van der Waals surface area (Å²) in [7, 11) is 0. The van der Waals surface area contributed by atoms with E-state index in [4.69, 9.17) is 0 Å². The third-order valence-electron chi connectivity index (χ3n) is 4.72. The second-order valence-corrected chi connectivity index (χ2v) is 6.59. The van der Waals surface area contributed by atoms with Gasteiger partial charge < -0.3 is 14.6 Å². The van der Waals surface area contributed by atoms with E-state index in [0.717, 1.165) is 37.2 Å². The smallest absolute Gasteiger partial charge is 0.253 e. The van der Waals surface area contributed by atoms with Crippen molar-refractivity contribution >= 4 is 5.91 Å². The zero-order valence-corrected chi connectivity index (χ0v) is 14.7. The first-order valence-electron chi connectivity index (χ1n) is 8.90. The van der Waals surface area contributed by atoms with Crippen molar-refractivity contribution in [3.8, 4) is 0 Å². The van der Waals surface area contributed by atoms with Gasteiger partial charge in [0.05, 0.1) is 12.4 Å². The van der Waals surface area contributed by atoms with Crippen molar-refractivity contribution in [2.45, 2.75) is 26.0 Å². The molecule has 25 heavy (non-hydrogen) atoms. The number of aromatic nitrogens is 2. The molecule has 0 radical (unpaired) electrons. The largest absolute Gasteiger partial charge is 0.392 e. The molecule has 0 aliphatic carbocycles. The molecule has 2 heterocycles. The van der Waals surface area contributed by atoms with Crippen LogP contribution in [-0.2, 0) is 6.54 Å². The Balaban J connectivity index is 1.53. The van der Waals surface area contributed by atoms with Gasteiger partial charge in [-0.2, -0.15) is 0 Å². The quantitative estimate of drug-likeness (QED) is 0.863. The van der Waals surface area contributed by atoms with Gasteiger partial charge >= 0.3 is 0 Å². The van der Waals surface area contributed by atoms with Crippen molar-refractivity contribution in [1.82, 2.24) is 19.4 Å². The molecule has 1 aromatic heterocycles. The van der Waals surface area contributed by atoms with Crippen LogP contribution in [0.15, 0.2) is 43.0 Å². The number of hydrogen-bond acceptors (Lipinski definition) is 4. The van der Waals surface area contributed by atoms with Crippen LogP contribution in [0.4, 0.5) is 0 Å². The molecule has 0 spiro atoms. The molecule has 1 fully saturated rings. The molecule has 1 atom stereocenters. The topological polar surface area (TPSA) is 61.6 Å². The van der Waals surface area contributed by atoms with Crippen molar-refractivity contribution in [3.05, 3.63) is 54.1 Å². The fraction of sp³-hybridized carbons (Fsp3) is 0.474. The summed E-state index contributed by atoms with van der Waals surface area (Å²) in [5.41, 5.74) is 1.88. The highest BCUT2D eigenvalue weighted by molar-refractivity contribution is 5.94. The molecule has 1 aliphatic rings. The van der Waals surface area contributed by atoms with E-state index in [0.29, 0.717) is 19.6 Å². The van der Waals surface area contributed by atoms with E-state index >= 15 is 0 Å². The van der Waals surface area contributed by atoms with E-state index in [2.05, 4.69) is 9.88 Å². The van der Waals surface area contributed by atoms with Crippen LogP contribution in [0.2, 0.25) is 0 Å². The van der Waals surface area contributed by atoms with Crippen molar-refractivity contribution in [2.75, 3.05) is 32.7 Å². The standard InChI is InChI=1S/C19H26N4O2/c1-2-18(24)14-21-9-11-23(12-10-21)19(25)17-5-3-16(4-6-17)13-22-8-7-20-15-22/h3-8,15,18,24H,2,9-14H2,1H3/t18-/m1/s1. The predicted octanol–water partition coefficient (Wildman–Crippen LogP) is 1.46. The lowest BCUT2D eigenvalue weighted by atomic mass is 10.1. The van der Waals surface area contributed by atoms with Crippen molar-refractivity contribution in [2.24, 2.45) is 0 Å². The van der Waals surface area contributed by atoms with Crippen molar-refractivity contribution < 1.29 is 9.90 Å². The molecule has 0 unspecified atom stereocenters. The van der Waals surface area contributed by atoms with Crippen LogP contribution < -0.4 is 0 Å². The average Bonchev–Trinajstić information content (AvgIpc) is 3.15. The van der Waals surface area contributed by atoms with Crippen LogP contribution >= 0.6 is 0 Å². The molecule has 6 nitrogen and oxygen atoms in total. The van der Waals surface area contributed by atoms with Gasteiger partial charge in [-0.25, -0.2) is 4.98 Å². The van der Waals surface area contributed by atoms with Crippen LogP contribution in [0.3, 0.4) is 0 Å². The van der Waals surface area contributed by atoms with Crippen LogP contribution in [0, 0.1) is 0 Å². The third kappa shape index (κ3) is 4.67. The molecule has 134 valence electrons. The minimum Gasteiger partial charge on any atom is -0.392 e. The van der Waals surface area contributed by atoms with Gasteiger partial charge in [-0.3, -0.25) is 9.69 Å². The third-order valence-corrected chi connectivity index (χ3v) is 4.72. The maximum atomic E-state index is 12.7. The summed E-state index contributed by atoms with van der Waals surface area (Å²) in [4.78, 5) is 20.8. The van der Waals surface area contributed by atoms with E-state index in [-0.39, 0.29) is 12.0 Å². The zero-order chi connectivity index (χ0) is 17.6. The number of piperazine rings is 1. The Morgan fingerprint density at radius 3 is 2.52 bits per heavy atom. The van der Waals surface area contributed by atoms with Gasteiger partial charge in [-0.05, 0) is 24.1 Å². The first kappa shape index (κ1) is 17.6. The maximum Gasteiger partial charge on any atom is 0.253 e. The Kier molecular flexibility index (Phi) is 5.83. The Morgan fingerprint density at radius 1 is 1.20 bits per heavy atom. The Morgan fingerprint density at radius 2 is 1.92 bits per heavy atom. The number of aliphatic hydroxyl groups excluding tert-OH is 1. The molecule has 6 heteroatoms. The van der Waals surface area contributed by atoms with Crippen molar-refractivity contribution in [3.63, 3.8) is 0 Å². The van der Waals surface area contributed by atoms with Crippen LogP contribution in [0.25, 0.3) is 0 Å². The van der Waals surface area contributed by atoms with Gasteiger partial charge in [0.1, 0.15) is 0 Å². The number of β-amino-alcohol motifs (C(OH)–C–C–N with tert-alkyl or cyclic N) is 1. The van der Waals surface area contributed by atoms with Gasteiger partial charge in [0.2, 0.25) is 0 Å². The normalized spacial score (nSPS) is 16.8. The number of imidazole rings is 1. The average molecular weight is 342 g/mol. The fourth-order valence-corrected chi connectivity index (χ4v) is 3.09. The van der Waals surface area contributed by atoms with Crippen LogP contribution in [0.5, 0.6) is 0 Å². The summed E-state index contributed by atoms with van der Waals surface area (Å²) in [6.45, 7) is 6.51. The molecule has 1 amide bonds. The molecule has 1 saturated heterocycles. The van der Waals surface area contributed by atoms with Crippen LogP contribution in [-0.4, -0.2) is 69.2 Å². The lowest BCUT2D eigenvalue weighted by molar-refractivity contribution is 0.0524. The first-order valence-corrected chi connectivity index (χ1v) is 8.90. The SMILES string of the molecule is CC[C@@H](O)CN1CCN(C(=O)c2ccc(Cn3ccnc3)cc2)CC1. The first-order chi connectivity index (χ1) is 12.2. The highest BCUT2D eigenvalue weighted by Crippen LogP contribution is 2.12. The summed E-state index contributed by atoms with van der Waals surface area (Å²) < 4.78 is 2.00. The summed E-state index contributed by atoms with van der Waals surface area (Å²) in [6.07, 6.45) is 5.97. The number of nitrogens with zero attached hydrogens (tertiary/aromatic N) is 4. The summed E-state index contributed by atoms with van der Waals surface area (Å²) >= 11 is 0. The number of carbonyl (C=O) groups is 1. The van der Waals surface area contributed by atoms with Crippen LogP contribution in [0.1, 0.15) is 29.3 Å². The minimum atomic E-state index is -0.273. The summed E-state index contributed by atoms with van der Waals surface area (Å²) in [5, 5.41) is 9.75. The Labute approximate surface area is 148 Å². The van der Waals surface area contributed by atoms with E-state index in [9.17, 15) is 9.90 Å². The highest BCUT2D eigenvalue weighted by Gasteiger charge is 2.23. The molecule has 2 aromatic rings. The molecular weight excluding hydrogens is 316 g/mol. The van der Waals surface area contributed by atoms with Gasteiger partial charge in [0.25, 0.3) is 5.91 Å². The molecule has 1 aromatic carbocycles. The van der Waals surface area contributed by atoms with Gasteiger partial charge in [-0.15, -0.1) is 0 Å². The molecule has 1 N–H and O–H groups in total. The zero-order valence-electron chi connectivity index (χ0n) is 14.7. The van der Waals surface area contributed by atoms with E-state index in [1.54, 1.807) is 12.5 Å². The molecular formula is C19H26N4O2. The highest BCUT2D eigenvalue weighted by atomic mass is 16.3.